The first-order valence-electron chi connectivity index (χ1n) is 8.18. The van der Waals surface area contributed by atoms with Gasteiger partial charge >= 0.3 is 0 Å². The fraction of sp³-hybridized carbons (Fsp3) is 0.611. The van der Waals surface area contributed by atoms with Crippen molar-refractivity contribution in [3.05, 3.63) is 29.8 Å². The van der Waals surface area contributed by atoms with Gasteiger partial charge in [0, 0.05) is 11.7 Å². The molecule has 3 unspecified atom stereocenters. The molecular formula is C18H26N2O. The lowest BCUT2D eigenvalue weighted by Crippen LogP contribution is -2.46. The zero-order chi connectivity index (χ0) is 15.0. The van der Waals surface area contributed by atoms with Crippen LogP contribution in [-0.4, -0.2) is 11.9 Å². The molecule has 1 aromatic rings. The van der Waals surface area contributed by atoms with Crippen LogP contribution >= 0.6 is 0 Å². The highest BCUT2D eigenvalue weighted by atomic mass is 16.2. The van der Waals surface area contributed by atoms with Crippen molar-refractivity contribution < 1.29 is 4.79 Å². The molecule has 0 aromatic heterocycles. The Kier molecular flexibility index (Phi) is 3.68. The smallest absolute Gasteiger partial charge is 0.230 e. The molecule has 0 saturated heterocycles. The summed E-state index contributed by atoms with van der Waals surface area (Å²) in [7, 11) is 0. The van der Waals surface area contributed by atoms with Crippen molar-refractivity contribution in [2.45, 2.75) is 57.4 Å². The second kappa shape index (κ2) is 5.36. The molecular weight excluding hydrogens is 260 g/mol. The van der Waals surface area contributed by atoms with Crippen molar-refractivity contribution in [1.29, 1.82) is 0 Å². The van der Waals surface area contributed by atoms with E-state index in [9.17, 15) is 4.79 Å². The van der Waals surface area contributed by atoms with Crippen LogP contribution < -0.4 is 11.1 Å². The standard InChI is InChI=1S/C18H26N2O/c1-12-3-8-16(13(2)11-12)20-17(21)18(9-10-18)14-4-6-15(19)7-5-14/h4-7,12-13,16H,3,8-11,19H2,1-2H3,(H,20,21). The molecule has 2 aliphatic carbocycles. The van der Waals surface area contributed by atoms with Gasteiger partial charge in [0.25, 0.3) is 0 Å². The Hall–Kier alpha value is -1.51. The summed E-state index contributed by atoms with van der Waals surface area (Å²) in [6, 6.07) is 8.16. The van der Waals surface area contributed by atoms with Gasteiger partial charge in [0.15, 0.2) is 0 Å². The van der Waals surface area contributed by atoms with E-state index in [0.717, 1.165) is 36.4 Å². The predicted molar refractivity (Wildman–Crippen MR) is 85.9 cm³/mol. The molecule has 3 atom stereocenters. The van der Waals surface area contributed by atoms with Gasteiger partial charge in [0.1, 0.15) is 0 Å². The van der Waals surface area contributed by atoms with Crippen molar-refractivity contribution >= 4 is 11.6 Å². The van der Waals surface area contributed by atoms with Gasteiger partial charge in [-0.05, 0) is 61.6 Å². The fourth-order valence-corrected chi connectivity index (χ4v) is 3.76. The molecule has 3 N–H and O–H groups in total. The van der Waals surface area contributed by atoms with Gasteiger partial charge in [-0.25, -0.2) is 0 Å². The molecule has 0 radical (unpaired) electrons. The number of nitrogen functional groups attached to an aromatic ring is 1. The van der Waals surface area contributed by atoms with Gasteiger partial charge in [0.05, 0.1) is 5.41 Å². The van der Waals surface area contributed by atoms with Gasteiger partial charge in [0.2, 0.25) is 5.91 Å². The van der Waals surface area contributed by atoms with Gasteiger partial charge in [-0.15, -0.1) is 0 Å². The lowest BCUT2D eigenvalue weighted by atomic mass is 9.79. The molecule has 1 amide bonds. The number of benzene rings is 1. The molecule has 1 aromatic carbocycles. The maximum atomic E-state index is 12.8. The summed E-state index contributed by atoms with van der Waals surface area (Å²) in [5.74, 6) is 1.60. The quantitative estimate of drug-likeness (QED) is 0.838. The molecule has 0 heterocycles. The normalized spacial score (nSPS) is 30.7. The average molecular weight is 286 g/mol. The average Bonchev–Trinajstić information content (AvgIpc) is 3.24. The number of amides is 1. The van der Waals surface area contributed by atoms with E-state index in [4.69, 9.17) is 5.73 Å². The molecule has 3 nitrogen and oxygen atoms in total. The molecule has 0 aliphatic heterocycles. The molecule has 2 fully saturated rings. The van der Waals surface area contributed by atoms with Crippen molar-refractivity contribution in [2.75, 3.05) is 5.73 Å². The van der Waals surface area contributed by atoms with Gasteiger partial charge in [-0.2, -0.15) is 0 Å². The van der Waals surface area contributed by atoms with Crippen LogP contribution in [0.1, 0.15) is 51.5 Å². The SMILES string of the molecule is CC1CCC(NC(=O)C2(c3ccc(N)cc3)CC2)C(C)C1. The fourth-order valence-electron chi connectivity index (χ4n) is 3.76. The van der Waals surface area contributed by atoms with E-state index in [2.05, 4.69) is 19.2 Å². The number of nitrogens with one attached hydrogen (secondary N) is 1. The minimum atomic E-state index is -0.281. The highest BCUT2D eigenvalue weighted by Gasteiger charge is 2.51. The van der Waals surface area contributed by atoms with E-state index in [0.29, 0.717) is 12.0 Å². The van der Waals surface area contributed by atoms with E-state index in [1.807, 2.05) is 24.3 Å². The Labute approximate surface area is 127 Å². The Balaban J connectivity index is 1.69. The maximum absolute atomic E-state index is 12.8. The topological polar surface area (TPSA) is 55.1 Å². The first-order chi connectivity index (χ1) is 10.0. The van der Waals surface area contributed by atoms with Gasteiger partial charge < -0.3 is 11.1 Å². The second-order valence-corrected chi connectivity index (χ2v) is 7.18. The van der Waals surface area contributed by atoms with E-state index in [-0.39, 0.29) is 11.3 Å². The van der Waals surface area contributed by atoms with Crippen LogP contribution in [0.3, 0.4) is 0 Å². The Morgan fingerprint density at radius 1 is 1.19 bits per heavy atom. The van der Waals surface area contributed by atoms with E-state index >= 15 is 0 Å². The van der Waals surface area contributed by atoms with Crippen LogP contribution in [0.15, 0.2) is 24.3 Å². The predicted octanol–water partition coefficient (Wildman–Crippen LogP) is 3.24. The zero-order valence-electron chi connectivity index (χ0n) is 13.1. The van der Waals surface area contributed by atoms with Crippen LogP contribution in [0.25, 0.3) is 0 Å². The van der Waals surface area contributed by atoms with Crippen LogP contribution in [-0.2, 0) is 10.2 Å². The van der Waals surface area contributed by atoms with E-state index in [1.54, 1.807) is 0 Å². The van der Waals surface area contributed by atoms with Crippen LogP contribution in [0, 0.1) is 11.8 Å². The third-order valence-electron chi connectivity index (χ3n) is 5.40. The number of hydrogen-bond acceptors (Lipinski definition) is 2. The third kappa shape index (κ3) is 2.78. The van der Waals surface area contributed by atoms with Crippen LogP contribution in [0.5, 0.6) is 0 Å². The van der Waals surface area contributed by atoms with E-state index in [1.165, 1.54) is 12.8 Å². The molecule has 0 bridgehead atoms. The van der Waals surface area contributed by atoms with Crippen LogP contribution in [0.2, 0.25) is 0 Å². The summed E-state index contributed by atoms with van der Waals surface area (Å²) in [4.78, 5) is 12.8. The van der Waals surface area contributed by atoms with Gasteiger partial charge in [-0.3, -0.25) is 4.79 Å². The monoisotopic (exact) mass is 286 g/mol. The Bertz CT molecular complexity index is 519. The molecule has 21 heavy (non-hydrogen) atoms. The number of carbonyl (C=O) groups excluding carboxylic acids is 1. The summed E-state index contributed by atoms with van der Waals surface area (Å²) in [5.41, 5.74) is 7.34. The molecule has 2 saturated carbocycles. The summed E-state index contributed by atoms with van der Waals surface area (Å²) in [6.45, 7) is 4.58. The minimum absolute atomic E-state index is 0.221. The second-order valence-electron chi connectivity index (χ2n) is 7.18. The Morgan fingerprint density at radius 3 is 2.43 bits per heavy atom. The van der Waals surface area contributed by atoms with Crippen molar-refractivity contribution in [3.63, 3.8) is 0 Å². The molecule has 114 valence electrons. The molecule has 3 rings (SSSR count). The first-order valence-corrected chi connectivity index (χ1v) is 8.18. The number of hydrogen-bond donors (Lipinski definition) is 2. The number of anilines is 1. The highest BCUT2D eigenvalue weighted by molar-refractivity contribution is 5.91. The first kappa shape index (κ1) is 14.4. The highest BCUT2D eigenvalue weighted by Crippen LogP contribution is 2.48. The summed E-state index contributed by atoms with van der Waals surface area (Å²) in [6.07, 6.45) is 5.48. The van der Waals surface area contributed by atoms with Crippen molar-refractivity contribution in [3.8, 4) is 0 Å². The number of carbonyl (C=O) groups is 1. The lowest BCUT2D eigenvalue weighted by Gasteiger charge is -2.34. The Morgan fingerprint density at radius 2 is 1.86 bits per heavy atom. The number of nitrogens with two attached hydrogens (primary N) is 1. The molecule has 2 aliphatic rings. The van der Waals surface area contributed by atoms with E-state index < -0.39 is 0 Å². The lowest BCUT2D eigenvalue weighted by molar-refractivity contribution is -0.125. The van der Waals surface area contributed by atoms with Crippen molar-refractivity contribution in [2.24, 2.45) is 11.8 Å². The van der Waals surface area contributed by atoms with Gasteiger partial charge in [-0.1, -0.05) is 26.0 Å². The zero-order valence-corrected chi connectivity index (χ0v) is 13.1. The summed E-state index contributed by atoms with van der Waals surface area (Å²) >= 11 is 0. The summed E-state index contributed by atoms with van der Waals surface area (Å²) in [5, 5.41) is 3.33. The molecule has 3 heteroatoms. The largest absolute Gasteiger partial charge is 0.399 e. The van der Waals surface area contributed by atoms with Crippen LogP contribution in [0.4, 0.5) is 5.69 Å². The molecule has 0 spiro atoms. The number of rotatable bonds is 3. The summed E-state index contributed by atoms with van der Waals surface area (Å²) < 4.78 is 0. The maximum Gasteiger partial charge on any atom is 0.230 e. The minimum Gasteiger partial charge on any atom is -0.399 e. The van der Waals surface area contributed by atoms with Crippen molar-refractivity contribution in [1.82, 2.24) is 5.32 Å². The third-order valence-corrected chi connectivity index (χ3v) is 5.40.